The van der Waals surface area contributed by atoms with Crippen LogP contribution in [0.5, 0.6) is 0 Å². The van der Waals surface area contributed by atoms with Crippen molar-refractivity contribution in [2.45, 2.75) is 116 Å². The molecule has 0 spiro atoms. The fraction of sp³-hybridized carbons (Fsp3) is 0.750. The molecule has 1 aromatic rings. The lowest BCUT2D eigenvalue weighted by molar-refractivity contribution is 0.538. The molecule has 0 bridgehead atoms. The van der Waals surface area contributed by atoms with Crippen LogP contribution >= 0.6 is 0 Å². The second-order valence-electron chi connectivity index (χ2n) is 8.60. The Labute approximate surface area is 159 Å². The summed E-state index contributed by atoms with van der Waals surface area (Å²) in [5.41, 5.74) is 0. The van der Waals surface area contributed by atoms with Crippen molar-refractivity contribution in [1.82, 2.24) is 0 Å². The quantitative estimate of drug-likeness (QED) is 0.206. The van der Waals surface area contributed by atoms with E-state index in [0.29, 0.717) is 0 Å². The Morgan fingerprint density at radius 3 is 1.40 bits per heavy atom. The number of benzene rings is 1. The largest absolute Gasteiger partial charge is 0.0806 e. The van der Waals surface area contributed by atoms with Crippen molar-refractivity contribution in [2.75, 3.05) is 0 Å². The summed E-state index contributed by atoms with van der Waals surface area (Å²) in [7, 11) is -1.18. The van der Waals surface area contributed by atoms with Crippen LogP contribution in [0.3, 0.4) is 0 Å². The standard InChI is InChI=1S/C24H44Si/c1-4-5-6-7-8-9-10-11-12-13-14-15-16-20-23-25(2,3)24-21-18-17-19-22-24/h17-19,21-22H,4-16,20,23H2,1-3H3. The second kappa shape index (κ2) is 14.6. The molecule has 0 saturated heterocycles. The van der Waals surface area contributed by atoms with Gasteiger partial charge in [-0.1, -0.05) is 151 Å². The third-order valence-corrected chi connectivity index (χ3v) is 9.21. The topological polar surface area (TPSA) is 0 Å². The number of unbranched alkanes of at least 4 members (excludes halogenated alkanes) is 13. The van der Waals surface area contributed by atoms with Gasteiger partial charge in [-0.3, -0.25) is 0 Å². The summed E-state index contributed by atoms with van der Waals surface area (Å²) in [6.07, 6.45) is 20.4. The van der Waals surface area contributed by atoms with E-state index in [1.807, 2.05) is 0 Å². The molecule has 25 heavy (non-hydrogen) atoms. The zero-order valence-corrected chi connectivity index (χ0v) is 18.5. The highest BCUT2D eigenvalue weighted by Crippen LogP contribution is 2.17. The van der Waals surface area contributed by atoms with Gasteiger partial charge in [0.1, 0.15) is 0 Å². The van der Waals surface area contributed by atoms with E-state index in [2.05, 4.69) is 50.3 Å². The highest BCUT2D eigenvalue weighted by molar-refractivity contribution is 6.89. The van der Waals surface area contributed by atoms with Crippen LogP contribution in [0.25, 0.3) is 0 Å². The number of hydrogen-bond donors (Lipinski definition) is 0. The van der Waals surface area contributed by atoms with Crippen molar-refractivity contribution in [3.05, 3.63) is 30.3 Å². The molecule has 0 amide bonds. The van der Waals surface area contributed by atoms with Gasteiger partial charge in [0, 0.05) is 0 Å². The van der Waals surface area contributed by atoms with Crippen LogP contribution in [0.15, 0.2) is 30.3 Å². The zero-order valence-electron chi connectivity index (χ0n) is 17.5. The molecular weight excluding hydrogens is 316 g/mol. The molecule has 0 atom stereocenters. The SMILES string of the molecule is CCCCCCCCCCCCCCCC[Si](C)(C)c1ccccc1. The summed E-state index contributed by atoms with van der Waals surface area (Å²) >= 11 is 0. The van der Waals surface area contributed by atoms with E-state index in [-0.39, 0.29) is 0 Å². The van der Waals surface area contributed by atoms with Gasteiger partial charge in [-0.2, -0.15) is 0 Å². The average Bonchev–Trinajstić information content (AvgIpc) is 2.63. The van der Waals surface area contributed by atoms with Crippen LogP contribution in [0.1, 0.15) is 96.8 Å². The molecule has 1 heteroatoms. The first-order valence-corrected chi connectivity index (χ1v) is 14.4. The van der Waals surface area contributed by atoms with Gasteiger partial charge in [0.05, 0.1) is 8.07 Å². The molecular formula is C24H44Si. The van der Waals surface area contributed by atoms with E-state index in [1.165, 1.54) is 95.9 Å². The van der Waals surface area contributed by atoms with E-state index >= 15 is 0 Å². The lowest BCUT2D eigenvalue weighted by atomic mass is 10.0. The molecule has 0 N–H and O–H groups in total. The smallest absolute Gasteiger partial charge is 0.0654 e. The van der Waals surface area contributed by atoms with E-state index < -0.39 is 8.07 Å². The van der Waals surface area contributed by atoms with Gasteiger partial charge in [-0.05, 0) is 0 Å². The average molecular weight is 361 g/mol. The predicted octanol–water partition coefficient (Wildman–Crippen LogP) is 8.08. The van der Waals surface area contributed by atoms with Crippen molar-refractivity contribution < 1.29 is 0 Å². The molecule has 0 aliphatic heterocycles. The van der Waals surface area contributed by atoms with E-state index in [9.17, 15) is 0 Å². The van der Waals surface area contributed by atoms with Crippen molar-refractivity contribution >= 4 is 13.3 Å². The first-order valence-electron chi connectivity index (χ1n) is 11.2. The maximum Gasteiger partial charge on any atom is 0.0806 e. The maximum absolute atomic E-state index is 2.53. The molecule has 0 heterocycles. The Morgan fingerprint density at radius 2 is 0.960 bits per heavy atom. The summed E-state index contributed by atoms with van der Waals surface area (Å²) < 4.78 is 0. The van der Waals surface area contributed by atoms with Gasteiger partial charge in [0.15, 0.2) is 0 Å². The minimum atomic E-state index is -1.18. The summed E-state index contributed by atoms with van der Waals surface area (Å²) in [6.45, 7) is 7.36. The molecule has 1 rings (SSSR count). The molecule has 0 unspecified atom stereocenters. The Kier molecular flexibility index (Phi) is 13.1. The molecule has 0 saturated carbocycles. The minimum absolute atomic E-state index is 1.18. The fourth-order valence-corrected chi connectivity index (χ4v) is 6.31. The van der Waals surface area contributed by atoms with Crippen LogP contribution in [0.2, 0.25) is 19.1 Å². The summed E-state index contributed by atoms with van der Waals surface area (Å²) in [5.74, 6) is 0. The molecule has 1 aromatic carbocycles. The third kappa shape index (κ3) is 11.6. The molecule has 0 aromatic heterocycles. The van der Waals surface area contributed by atoms with Gasteiger partial charge in [0.25, 0.3) is 0 Å². The first-order chi connectivity index (χ1) is 12.2. The highest BCUT2D eigenvalue weighted by atomic mass is 28.3. The number of rotatable bonds is 16. The highest BCUT2D eigenvalue weighted by Gasteiger charge is 2.21. The van der Waals surface area contributed by atoms with Gasteiger partial charge < -0.3 is 0 Å². The number of hydrogen-bond acceptors (Lipinski definition) is 0. The van der Waals surface area contributed by atoms with Gasteiger partial charge in [0.2, 0.25) is 0 Å². The fourth-order valence-electron chi connectivity index (χ4n) is 3.80. The maximum atomic E-state index is 2.53. The van der Waals surface area contributed by atoms with Crippen molar-refractivity contribution in [2.24, 2.45) is 0 Å². The Bertz CT molecular complexity index is 396. The van der Waals surface area contributed by atoms with Crippen molar-refractivity contribution in [3.63, 3.8) is 0 Å². The normalized spacial score (nSPS) is 11.8. The molecule has 0 nitrogen and oxygen atoms in total. The lowest BCUT2D eigenvalue weighted by Gasteiger charge is -2.22. The van der Waals surface area contributed by atoms with Crippen molar-refractivity contribution in [3.8, 4) is 0 Å². The second-order valence-corrected chi connectivity index (χ2v) is 13.4. The van der Waals surface area contributed by atoms with E-state index in [0.717, 1.165) is 0 Å². The monoisotopic (exact) mass is 360 g/mol. The van der Waals surface area contributed by atoms with Crippen LogP contribution in [0, 0.1) is 0 Å². The lowest BCUT2D eigenvalue weighted by Crippen LogP contribution is -2.40. The summed E-state index contributed by atoms with van der Waals surface area (Å²) in [5, 5.41) is 1.63. The molecule has 0 fully saturated rings. The Hall–Kier alpha value is -0.563. The van der Waals surface area contributed by atoms with E-state index in [1.54, 1.807) is 5.19 Å². The molecule has 0 aliphatic carbocycles. The third-order valence-electron chi connectivity index (χ3n) is 5.71. The van der Waals surface area contributed by atoms with Crippen LogP contribution in [0.4, 0.5) is 0 Å². The summed E-state index contributed by atoms with van der Waals surface area (Å²) in [4.78, 5) is 0. The Morgan fingerprint density at radius 1 is 0.560 bits per heavy atom. The van der Waals surface area contributed by atoms with Crippen LogP contribution in [-0.4, -0.2) is 8.07 Å². The van der Waals surface area contributed by atoms with Gasteiger partial charge in [-0.15, -0.1) is 0 Å². The minimum Gasteiger partial charge on any atom is -0.0654 e. The van der Waals surface area contributed by atoms with Gasteiger partial charge >= 0.3 is 0 Å². The van der Waals surface area contributed by atoms with Crippen molar-refractivity contribution in [1.29, 1.82) is 0 Å². The first kappa shape index (κ1) is 22.5. The van der Waals surface area contributed by atoms with Gasteiger partial charge in [-0.25, -0.2) is 0 Å². The summed E-state index contributed by atoms with van der Waals surface area (Å²) in [6, 6.07) is 12.7. The van der Waals surface area contributed by atoms with Crippen LogP contribution < -0.4 is 5.19 Å². The van der Waals surface area contributed by atoms with E-state index in [4.69, 9.17) is 0 Å². The Balaban J connectivity index is 1.87. The molecule has 144 valence electrons. The van der Waals surface area contributed by atoms with Crippen LogP contribution in [-0.2, 0) is 0 Å². The molecule has 0 radical (unpaired) electrons. The zero-order chi connectivity index (χ0) is 18.2. The molecule has 0 aliphatic rings. The predicted molar refractivity (Wildman–Crippen MR) is 119 cm³/mol.